The predicted octanol–water partition coefficient (Wildman–Crippen LogP) is 3.32. The van der Waals surface area contributed by atoms with Gasteiger partial charge >= 0.3 is 0 Å². The fraction of sp³-hybridized carbons (Fsp3) is 0.312. The van der Waals surface area contributed by atoms with Crippen molar-refractivity contribution < 1.29 is 9.47 Å². The summed E-state index contributed by atoms with van der Waals surface area (Å²) in [5.41, 5.74) is 7.70. The Labute approximate surface area is 133 Å². The highest BCUT2D eigenvalue weighted by Gasteiger charge is 2.06. The van der Waals surface area contributed by atoms with Gasteiger partial charge in [-0.1, -0.05) is 15.9 Å². The maximum Gasteiger partial charge on any atom is 0.138 e. The summed E-state index contributed by atoms with van der Waals surface area (Å²) in [7, 11) is 1.65. The molecule has 1 aromatic heterocycles. The summed E-state index contributed by atoms with van der Waals surface area (Å²) in [5.74, 6) is 1.53. The van der Waals surface area contributed by atoms with Gasteiger partial charge in [0.1, 0.15) is 18.1 Å². The summed E-state index contributed by atoms with van der Waals surface area (Å²) in [4.78, 5) is 4.35. The number of halogens is 1. The number of nitrogens with zero attached hydrogens (tertiary/aromatic N) is 1. The molecule has 1 aromatic carbocycles. The third kappa shape index (κ3) is 4.72. The van der Waals surface area contributed by atoms with Crippen molar-refractivity contribution in [3.63, 3.8) is 0 Å². The minimum atomic E-state index is 0.107. The molecule has 0 aliphatic heterocycles. The molecule has 0 bridgehead atoms. The number of benzene rings is 1. The lowest BCUT2D eigenvalue weighted by molar-refractivity contribution is 0.295. The smallest absolute Gasteiger partial charge is 0.138 e. The molecule has 2 aromatic rings. The van der Waals surface area contributed by atoms with E-state index >= 15 is 0 Å². The number of pyridine rings is 1. The molecule has 1 unspecified atom stereocenters. The summed E-state index contributed by atoms with van der Waals surface area (Å²) < 4.78 is 12.1. The fourth-order valence-corrected chi connectivity index (χ4v) is 2.38. The van der Waals surface area contributed by atoms with Crippen molar-refractivity contribution in [2.24, 2.45) is 5.73 Å². The van der Waals surface area contributed by atoms with E-state index in [0.29, 0.717) is 6.61 Å². The standard InChI is InChI=1S/C16H19BrN2O2/c1-11(18)7-14-4-5-15(9-19-14)21-10-12-8-13(17)3-6-16(12)20-2/h3-6,8-9,11H,7,10,18H2,1-2H3. The first-order chi connectivity index (χ1) is 10.1. The molecule has 0 saturated heterocycles. The quantitative estimate of drug-likeness (QED) is 0.867. The summed E-state index contributed by atoms with van der Waals surface area (Å²) in [6, 6.07) is 9.79. The van der Waals surface area contributed by atoms with Gasteiger partial charge < -0.3 is 15.2 Å². The van der Waals surface area contributed by atoms with E-state index < -0.39 is 0 Å². The molecule has 1 atom stereocenters. The van der Waals surface area contributed by atoms with E-state index in [1.165, 1.54) is 0 Å². The molecule has 4 nitrogen and oxygen atoms in total. The van der Waals surface area contributed by atoms with Crippen LogP contribution in [0.1, 0.15) is 18.2 Å². The molecule has 1 heterocycles. The summed E-state index contributed by atoms with van der Waals surface area (Å²) in [5, 5.41) is 0. The molecular formula is C16H19BrN2O2. The van der Waals surface area contributed by atoms with Gasteiger partial charge in [-0.25, -0.2) is 0 Å². The minimum absolute atomic E-state index is 0.107. The molecule has 0 aliphatic rings. The zero-order valence-electron chi connectivity index (χ0n) is 12.2. The Morgan fingerprint density at radius 3 is 2.71 bits per heavy atom. The van der Waals surface area contributed by atoms with E-state index in [9.17, 15) is 0 Å². The highest BCUT2D eigenvalue weighted by atomic mass is 79.9. The van der Waals surface area contributed by atoms with E-state index in [-0.39, 0.29) is 6.04 Å². The molecule has 2 N–H and O–H groups in total. The molecule has 5 heteroatoms. The van der Waals surface area contributed by atoms with E-state index in [4.69, 9.17) is 15.2 Å². The number of nitrogens with two attached hydrogens (primary N) is 1. The van der Waals surface area contributed by atoms with Crippen LogP contribution in [0.3, 0.4) is 0 Å². The van der Waals surface area contributed by atoms with Crippen LogP contribution in [-0.4, -0.2) is 18.1 Å². The summed E-state index contributed by atoms with van der Waals surface area (Å²) in [6.45, 7) is 2.39. The van der Waals surface area contributed by atoms with Gasteiger partial charge in [0.2, 0.25) is 0 Å². The molecule has 0 amide bonds. The number of methoxy groups -OCH3 is 1. The van der Waals surface area contributed by atoms with Crippen LogP contribution in [-0.2, 0) is 13.0 Å². The number of aromatic nitrogens is 1. The van der Waals surface area contributed by atoms with Gasteiger partial charge in [-0.05, 0) is 37.3 Å². The maximum atomic E-state index is 5.75. The van der Waals surface area contributed by atoms with Gasteiger partial charge in [-0.2, -0.15) is 0 Å². The Bertz CT molecular complexity index is 585. The molecule has 21 heavy (non-hydrogen) atoms. The zero-order chi connectivity index (χ0) is 15.2. The van der Waals surface area contributed by atoms with E-state index in [1.807, 2.05) is 37.3 Å². The van der Waals surface area contributed by atoms with E-state index in [1.54, 1.807) is 13.3 Å². The number of rotatable bonds is 6. The SMILES string of the molecule is COc1ccc(Br)cc1COc1ccc(CC(C)N)nc1. The zero-order valence-corrected chi connectivity index (χ0v) is 13.8. The minimum Gasteiger partial charge on any atom is -0.496 e. The Morgan fingerprint density at radius 1 is 1.29 bits per heavy atom. The van der Waals surface area contributed by atoms with Crippen molar-refractivity contribution >= 4 is 15.9 Å². The normalized spacial score (nSPS) is 12.0. The second-order valence-corrected chi connectivity index (χ2v) is 5.83. The second-order valence-electron chi connectivity index (χ2n) is 4.91. The number of hydrogen-bond acceptors (Lipinski definition) is 4. The molecule has 0 spiro atoms. The lowest BCUT2D eigenvalue weighted by Gasteiger charge is -2.11. The van der Waals surface area contributed by atoms with Gasteiger partial charge in [0.25, 0.3) is 0 Å². The molecule has 112 valence electrons. The second kappa shape index (κ2) is 7.43. The number of hydrogen-bond donors (Lipinski definition) is 1. The average Bonchev–Trinajstić information content (AvgIpc) is 2.46. The molecule has 2 rings (SSSR count). The van der Waals surface area contributed by atoms with Crippen LogP contribution >= 0.6 is 15.9 Å². The van der Waals surface area contributed by atoms with Gasteiger partial charge in [-0.15, -0.1) is 0 Å². The van der Waals surface area contributed by atoms with Gasteiger partial charge in [-0.3, -0.25) is 4.98 Å². The Hall–Kier alpha value is -1.59. The van der Waals surface area contributed by atoms with Gasteiger partial charge in [0, 0.05) is 28.2 Å². The fourth-order valence-electron chi connectivity index (χ4n) is 1.97. The van der Waals surface area contributed by atoms with Crippen LogP contribution < -0.4 is 15.2 Å². The van der Waals surface area contributed by atoms with Crippen molar-refractivity contribution in [1.29, 1.82) is 0 Å². The lowest BCUT2D eigenvalue weighted by atomic mass is 10.2. The van der Waals surface area contributed by atoms with Crippen LogP contribution in [0.25, 0.3) is 0 Å². The highest BCUT2D eigenvalue weighted by molar-refractivity contribution is 9.10. The van der Waals surface area contributed by atoms with Crippen molar-refractivity contribution in [3.8, 4) is 11.5 Å². The van der Waals surface area contributed by atoms with Crippen LogP contribution in [0.15, 0.2) is 41.0 Å². The third-order valence-electron chi connectivity index (χ3n) is 2.97. The first kappa shape index (κ1) is 15.8. The Kier molecular flexibility index (Phi) is 5.59. The van der Waals surface area contributed by atoms with Crippen LogP contribution in [0, 0.1) is 0 Å². The molecule has 0 saturated carbocycles. The molecule has 0 aliphatic carbocycles. The largest absolute Gasteiger partial charge is 0.496 e. The maximum absolute atomic E-state index is 5.75. The topological polar surface area (TPSA) is 57.4 Å². The van der Waals surface area contributed by atoms with E-state index in [2.05, 4.69) is 20.9 Å². The summed E-state index contributed by atoms with van der Waals surface area (Å²) >= 11 is 3.45. The average molecular weight is 351 g/mol. The highest BCUT2D eigenvalue weighted by Crippen LogP contribution is 2.24. The van der Waals surface area contributed by atoms with Crippen molar-refractivity contribution in [2.45, 2.75) is 26.0 Å². The van der Waals surface area contributed by atoms with Crippen molar-refractivity contribution in [1.82, 2.24) is 4.98 Å². The van der Waals surface area contributed by atoms with E-state index in [0.717, 1.165) is 33.6 Å². The van der Waals surface area contributed by atoms with Gasteiger partial charge in [0.05, 0.1) is 13.3 Å². The first-order valence-corrected chi connectivity index (χ1v) is 7.53. The van der Waals surface area contributed by atoms with Crippen LogP contribution in [0.5, 0.6) is 11.5 Å². The number of ether oxygens (including phenoxy) is 2. The Morgan fingerprint density at radius 2 is 2.10 bits per heavy atom. The first-order valence-electron chi connectivity index (χ1n) is 6.74. The molecular weight excluding hydrogens is 332 g/mol. The lowest BCUT2D eigenvalue weighted by Crippen LogP contribution is -2.18. The monoisotopic (exact) mass is 350 g/mol. The summed E-state index contributed by atoms with van der Waals surface area (Å²) in [6.07, 6.45) is 2.49. The predicted molar refractivity (Wildman–Crippen MR) is 86.6 cm³/mol. The third-order valence-corrected chi connectivity index (χ3v) is 3.46. The van der Waals surface area contributed by atoms with Crippen molar-refractivity contribution in [3.05, 3.63) is 52.3 Å². The molecule has 0 radical (unpaired) electrons. The van der Waals surface area contributed by atoms with Crippen LogP contribution in [0.4, 0.5) is 0 Å². The van der Waals surface area contributed by atoms with Crippen LogP contribution in [0.2, 0.25) is 0 Å². The van der Waals surface area contributed by atoms with Crippen molar-refractivity contribution in [2.75, 3.05) is 7.11 Å². The molecule has 0 fully saturated rings. The van der Waals surface area contributed by atoms with Gasteiger partial charge in [0.15, 0.2) is 0 Å². The Balaban J connectivity index is 2.01.